The topological polar surface area (TPSA) is 61.4 Å². The van der Waals surface area contributed by atoms with E-state index in [-0.39, 0.29) is 29.3 Å². The van der Waals surface area contributed by atoms with Gasteiger partial charge >= 0.3 is 0 Å². The number of nitrogens with zero attached hydrogens (tertiary/aromatic N) is 1. The highest BCUT2D eigenvalue weighted by Gasteiger charge is 2.41. The first kappa shape index (κ1) is 16.7. The third-order valence-corrected chi connectivity index (χ3v) is 5.87. The van der Waals surface area contributed by atoms with Gasteiger partial charge in [0, 0.05) is 37.0 Å². The molecule has 1 aromatic rings. The SMILES string of the molecule is CC1(C)CN(Cc2ccc(Cl)s2)CC1NC(=O)[C@@H]1CCC(=O)N1. The minimum atomic E-state index is -0.372. The van der Waals surface area contributed by atoms with E-state index in [4.69, 9.17) is 11.6 Å². The molecule has 2 saturated heterocycles. The van der Waals surface area contributed by atoms with Crippen molar-refractivity contribution in [3.63, 3.8) is 0 Å². The monoisotopic (exact) mass is 355 g/mol. The Hall–Kier alpha value is -1.11. The Morgan fingerprint density at radius 2 is 2.30 bits per heavy atom. The maximum Gasteiger partial charge on any atom is 0.242 e. The highest BCUT2D eigenvalue weighted by Crippen LogP contribution is 2.32. The van der Waals surface area contributed by atoms with Gasteiger partial charge in [-0.2, -0.15) is 0 Å². The predicted octanol–water partition coefficient (Wildman–Crippen LogP) is 2.01. The molecule has 0 spiro atoms. The highest BCUT2D eigenvalue weighted by molar-refractivity contribution is 7.16. The first-order valence-electron chi connectivity index (χ1n) is 7.90. The number of hydrogen-bond donors (Lipinski definition) is 2. The Labute approximate surface area is 145 Å². The average Bonchev–Trinajstić information content (AvgIpc) is 3.12. The zero-order valence-electron chi connectivity index (χ0n) is 13.4. The van der Waals surface area contributed by atoms with Crippen molar-refractivity contribution in [3.05, 3.63) is 21.3 Å². The van der Waals surface area contributed by atoms with Gasteiger partial charge < -0.3 is 10.6 Å². The predicted molar refractivity (Wildman–Crippen MR) is 91.5 cm³/mol. The summed E-state index contributed by atoms with van der Waals surface area (Å²) in [6.45, 7) is 6.94. The Kier molecular flexibility index (Phi) is 4.67. The van der Waals surface area contributed by atoms with Gasteiger partial charge in [-0.25, -0.2) is 0 Å². The van der Waals surface area contributed by atoms with Crippen molar-refractivity contribution >= 4 is 34.8 Å². The standard InChI is InChI=1S/C16H22ClN3O2S/c1-16(2)9-20(7-10-3-5-13(17)23-10)8-12(16)19-15(22)11-4-6-14(21)18-11/h3,5,11-12H,4,6-9H2,1-2H3,(H,18,21)(H,19,22)/t11-,12?/m0/s1. The lowest BCUT2D eigenvalue weighted by Gasteiger charge is -2.27. The summed E-state index contributed by atoms with van der Waals surface area (Å²) < 4.78 is 0.806. The Balaban J connectivity index is 1.59. The molecule has 1 aromatic heterocycles. The quantitative estimate of drug-likeness (QED) is 0.868. The van der Waals surface area contributed by atoms with Gasteiger partial charge in [0.2, 0.25) is 11.8 Å². The van der Waals surface area contributed by atoms with Gasteiger partial charge in [-0.05, 0) is 24.0 Å². The molecule has 2 aliphatic rings. The van der Waals surface area contributed by atoms with Crippen molar-refractivity contribution in [2.75, 3.05) is 13.1 Å². The Morgan fingerprint density at radius 1 is 1.52 bits per heavy atom. The van der Waals surface area contributed by atoms with E-state index in [9.17, 15) is 9.59 Å². The van der Waals surface area contributed by atoms with Gasteiger partial charge in [0.05, 0.1) is 4.34 Å². The van der Waals surface area contributed by atoms with E-state index >= 15 is 0 Å². The molecule has 3 rings (SSSR count). The number of nitrogens with one attached hydrogen (secondary N) is 2. The van der Waals surface area contributed by atoms with Crippen molar-refractivity contribution in [1.29, 1.82) is 0 Å². The molecule has 2 aliphatic heterocycles. The number of rotatable bonds is 4. The van der Waals surface area contributed by atoms with Crippen LogP contribution in [0.5, 0.6) is 0 Å². The number of likely N-dealkylation sites (tertiary alicyclic amines) is 1. The molecule has 0 bridgehead atoms. The normalized spacial score (nSPS) is 27.2. The van der Waals surface area contributed by atoms with Gasteiger partial charge in [-0.3, -0.25) is 14.5 Å². The minimum absolute atomic E-state index is 0.000667. The fourth-order valence-electron chi connectivity index (χ4n) is 3.36. The van der Waals surface area contributed by atoms with Crippen LogP contribution in [-0.4, -0.2) is 41.9 Å². The van der Waals surface area contributed by atoms with E-state index in [2.05, 4.69) is 35.4 Å². The number of hydrogen-bond acceptors (Lipinski definition) is 4. The summed E-state index contributed by atoms with van der Waals surface area (Å²) in [5.74, 6) is -0.0954. The molecule has 0 saturated carbocycles. The van der Waals surface area contributed by atoms with Crippen LogP contribution >= 0.6 is 22.9 Å². The van der Waals surface area contributed by atoms with E-state index in [1.807, 2.05) is 6.07 Å². The molecule has 2 amide bonds. The molecule has 23 heavy (non-hydrogen) atoms. The first-order chi connectivity index (χ1) is 10.8. The van der Waals surface area contributed by atoms with Crippen molar-refractivity contribution in [2.24, 2.45) is 5.41 Å². The van der Waals surface area contributed by atoms with Crippen LogP contribution in [0.15, 0.2) is 12.1 Å². The lowest BCUT2D eigenvalue weighted by Crippen LogP contribution is -2.50. The van der Waals surface area contributed by atoms with Crippen LogP contribution in [0.4, 0.5) is 0 Å². The maximum absolute atomic E-state index is 12.3. The summed E-state index contributed by atoms with van der Waals surface area (Å²) in [5.41, 5.74) is -0.000667. The molecule has 2 fully saturated rings. The van der Waals surface area contributed by atoms with Gasteiger partial charge in [-0.15, -0.1) is 11.3 Å². The molecular formula is C16H22ClN3O2S. The van der Waals surface area contributed by atoms with Crippen LogP contribution < -0.4 is 10.6 Å². The van der Waals surface area contributed by atoms with Crippen molar-refractivity contribution in [2.45, 2.75) is 45.3 Å². The van der Waals surface area contributed by atoms with Crippen LogP contribution in [0.3, 0.4) is 0 Å². The summed E-state index contributed by atoms with van der Waals surface area (Å²) in [6.07, 6.45) is 1.03. The molecule has 0 radical (unpaired) electrons. The first-order valence-corrected chi connectivity index (χ1v) is 9.09. The molecule has 0 aliphatic carbocycles. The van der Waals surface area contributed by atoms with Gasteiger partial charge in [0.25, 0.3) is 0 Å². The second-order valence-electron chi connectivity index (χ2n) is 7.08. The molecule has 2 N–H and O–H groups in total. The summed E-state index contributed by atoms with van der Waals surface area (Å²) in [6, 6.07) is 3.69. The number of carbonyl (C=O) groups excluding carboxylic acids is 2. The summed E-state index contributed by atoms with van der Waals surface area (Å²) >= 11 is 7.59. The smallest absolute Gasteiger partial charge is 0.242 e. The molecule has 2 atom stereocenters. The Morgan fingerprint density at radius 3 is 2.91 bits per heavy atom. The lowest BCUT2D eigenvalue weighted by atomic mass is 9.87. The molecule has 1 unspecified atom stereocenters. The van der Waals surface area contributed by atoms with Crippen LogP contribution in [0.25, 0.3) is 0 Å². The third-order valence-electron chi connectivity index (χ3n) is 4.65. The number of halogens is 1. The molecule has 7 heteroatoms. The fourth-order valence-corrected chi connectivity index (χ4v) is 4.49. The van der Waals surface area contributed by atoms with E-state index in [0.29, 0.717) is 12.8 Å². The number of amides is 2. The van der Waals surface area contributed by atoms with E-state index < -0.39 is 0 Å². The molecule has 5 nitrogen and oxygen atoms in total. The zero-order chi connectivity index (χ0) is 16.6. The van der Waals surface area contributed by atoms with Crippen molar-refractivity contribution in [3.8, 4) is 0 Å². The fraction of sp³-hybridized carbons (Fsp3) is 0.625. The van der Waals surface area contributed by atoms with E-state index in [1.54, 1.807) is 11.3 Å². The number of thiophene rings is 1. The second-order valence-corrected chi connectivity index (χ2v) is 8.88. The van der Waals surface area contributed by atoms with E-state index in [0.717, 1.165) is 24.0 Å². The van der Waals surface area contributed by atoms with Crippen molar-refractivity contribution < 1.29 is 9.59 Å². The van der Waals surface area contributed by atoms with Gasteiger partial charge in [0.1, 0.15) is 6.04 Å². The number of carbonyl (C=O) groups is 2. The van der Waals surface area contributed by atoms with Crippen molar-refractivity contribution in [1.82, 2.24) is 15.5 Å². The minimum Gasteiger partial charge on any atom is -0.350 e. The van der Waals surface area contributed by atoms with Gasteiger partial charge in [0.15, 0.2) is 0 Å². The average molecular weight is 356 g/mol. The zero-order valence-corrected chi connectivity index (χ0v) is 15.0. The summed E-state index contributed by atoms with van der Waals surface area (Å²) in [5, 5.41) is 5.87. The highest BCUT2D eigenvalue weighted by atomic mass is 35.5. The van der Waals surface area contributed by atoms with E-state index in [1.165, 1.54) is 4.88 Å². The van der Waals surface area contributed by atoms with Crippen LogP contribution in [0, 0.1) is 5.41 Å². The molecule has 126 valence electrons. The largest absolute Gasteiger partial charge is 0.350 e. The van der Waals surface area contributed by atoms with Crippen LogP contribution in [-0.2, 0) is 16.1 Å². The lowest BCUT2D eigenvalue weighted by molar-refractivity contribution is -0.126. The summed E-state index contributed by atoms with van der Waals surface area (Å²) in [4.78, 5) is 27.2. The molecule has 0 aromatic carbocycles. The second kappa shape index (κ2) is 6.42. The molecular weight excluding hydrogens is 334 g/mol. The Bertz CT molecular complexity index is 616. The van der Waals surface area contributed by atoms with Crippen LogP contribution in [0.1, 0.15) is 31.6 Å². The maximum atomic E-state index is 12.3. The summed E-state index contributed by atoms with van der Waals surface area (Å²) in [7, 11) is 0. The van der Waals surface area contributed by atoms with Crippen LogP contribution in [0.2, 0.25) is 4.34 Å². The van der Waals surface area contributed by atoms with Gasteiger partial charge in [-0.1, -0.05) is 25.4 Å². The third kappa shape index (κ3) is 3.87. The molecule has 3 heterocycles.